The third-order valence-corrected chi connectivity index (χ3v) is 6.62. The van der Waals surface area contributed by atoms with E-state index < -0.39 is 0 Å². The molecule has 1 aromatic heterocycles. The Morgan fingerprint density at radius 2 is 1.44 bits per heavy atom. The molecule has 0 bridgehead atoms. The highest BCUT2D eigenvalue weighted by atomic mass is 16.5. The molecular weight excluding hydrogens is 424 g/mol. The van der Waals surface area contributed by atoms with E-state index in [0.29, 0.717) is 39.9 Å². The lowest BCUT2D eigenvalue weighted by molar-refractivity contribution is 0.104. The zero-order chi connectivity index (χ0) is 23.7. The van der Waals surface area contributed by atoms with Gasteiger partial charge in [0.1, 0.15) is 5.75 Å². The number of pyridine rings is 1. The molecule has 0 amide bonds. The molecule has 0 fully saturated rings. The van der Waals surface area contributed by atoms with Crippen LogP contribution in [0.15, 0.2) is 77.6 Å². The fraction of sp³-hybridized carbons (Fsp3) is 0.241. The summed E-state index contributed by atoms with van der Waals surface area (Å²) in [5.74, 6) is 0.731. The van der Waals surface area contributed by atoms with Gasteiger partial charge in [0, 0.05) is 34.1 Å². The van der Waals surface area contributed by atoms with Crippen molar-refractivity contribution >= 4 is 16.6 Å². The molecule has 3 aromatic carbocycles. The molecule has 1 heterocycles. The number of hydrogen-bond acceptors (Lipinski definition) is 4. The van der Waals surface area contributed by atoms with Crippen molar-refractivity contribution in [2.24, 2.45) is 0 Å². The highest BCUT2D eigenvalue weighted by molar-refractivity contribution is 6.26. The number of fused-ring (bicyclic) bond motifs is 5. The molecule has 5 rings (SSSR count). The second kappa shape index (κ2) is 9.27. The summed E-state index contributed by atoms with van der Waals surface area (Å²) in [6.45, 7) is 8.07. The maximum absolute atomic E-state index is 13.6. The van der Waals surface area contributed by atoms with E-state index in [4.69, 9.17) is 4.74 Å². The fourth-order valence-corrected chi connectivity index (χ4v) is 4.81. The molecule has 0 N–H and O–H groups in total. The van der Waals surface area contributed by atoms with Gasteiger partial charge < -0.3 is 9.64 Å². The molecule has 4 aromatic rings. The fourth-order valence-electron chi connectivity index (χ4n) is 4.81. The molecular formula is C29H28N2O3. The van der Waals surface area contributed by atoms with Crippen molar-refractivity contribution < 1.29 is 9.53 Å². The minimum Gasteiger partial charge on any atom is -0.494 e. The van der Waals surface area contributed by atoms with Crippen molar-refractivity contribution in [2.75, 3.05) is 26.2 Å². The van der Waals surface area contributed by atoms with E-state index in [2.05, 4.69) is 18.7 Å². The Morgan fingerprint density at radius 3 is 2.15 bits per heavy atom. The summed E-state index contributed by atoms with van der Waals surface area (Å²) < 4.78 is 7.61. The van der Waals surface area contributed by atoms with Crippen LogP contribution in [-0.2, 0) is 0 Å². The number of rotatable bonds is 8. The molecule has 0 unspecified atom stereocenters. The number of nitrogens with zero attached hydrogens (tertiary/aromatic N) is 2. The Bertz CT molecular complexity index is 1420. The van der Waals surface area contributed by atoms with Crippen LogP contribution in [0.1, 0.15) is 36.2 Å². The molecule has 1 aliphatic carbocycles. The molecule has 0 spiro atoms. The van der Waals surface area contributed by atoms with E-state index in [-0.39, 0.29) is 11.3 Å². The summed E-state index contributed by atoms with van der Waals surface area (Å²) in [6.07, 6.45) is 0.958. The summed E-state index contributed by atoms with van der Waals surface area (Å²) in [5.41, 5.74) is 3.27. The lowest BCUT2D eigenvalue weighted by atomic mass is 10.0. The molecule has 5 nitrogen and oxygen atoms in total. The molecule has 0 saturated heterocycles. The van der Waals surface area contributed by atoms with Crippen molar-refractivity contribution in [1.82, 2.24) is 9.47 Å². The van der Waals surface area contributed by atoms with E-state index in [1.54, 1.807) is 10.6 Å². The molecule has 1 aliphatic rings. The first-order valence-corrected chi connectivity index (χ1v) is 11.9. The lowest BCUT2D eigenvalue weighted by Crippen LogP contribution is -2.25. The van der Waals surface area contributed by atoms with E-state index in [1.165, 1.54) is 0 Å². The van der Waals surface area contributed by atoms with Gasteiger partial charge in [0.05, 0.1) is 17.9 Å². The molecule has 0 saturated carbocycles. The minimum atomic E-state index is -0.133. The van der Waals surface area contributed by atoms with Gasteiger partial charge in [-0.25, -0.2) is 0 Å². The van der Waals surface area contributed by atoms with Gasteiger partial charge in [0.25, 0.3) is 5.56 Å². The van der Waals surface area contributed by atoms with Crippen LogP contribution in [-0.4, -0.2) is 41.5 Å². The highest BCUT2D eigenvalue weighted by Gasteiger charge is 2.32. The topological polar surface area (TPSA) is 51.5 Å². The van der Waals surface area contributed by atoms with E-state index in [9.17, 15) is 9.59 Å². The maximum Gasteiger partial charge on any atom is 0.263 e. The van der Waals surface area contributed by atoms with Gasteiger partial charge in [0.2, 0.25) is 0 Å². The second-order valence-electron chi connectivity index (χ2n) is 8.51. The molecule has 0 aliphatic heterocycles. The number of aromatic nitrogens is 1. The predicted octanol–water partition coefficient (Wildman–Crippen LogP) is 5.31. The molecule has 172 valence electrons. The van der Waals surface area contributed by atoms with E-state index >= 15 is 0 Å². The van der Waals surface area contributed by atoms with Gasteiger partial charge in [-0.3, -0.25) is 14.2 Å². The third-order valence-electron chi connectivity index (χ3n) is 6.62. The summed E-state index contributed by atoms with van der Waals surface area (Å²) in [7, 11) is 0. The van der Waals surface area contributed by atoms with Crippen LogP contribution in [0.4, 0.5) is 0 Å². The quantitative estimate of drug-likeness (QED) is 0.299. The van der Waals surface area contributed by atoms with Gasteiger partial charge in [-0.1, -0.05) is 56.3 Å². The average Bonchev–Trinajstić information content (AvgIpc) is 3.17. The summed E-state index contributed by atoms with van der Waals surface area (Å²) in [5, 5.41) is 1.24. The first-order chi connectivity index (χ1) is 16.6. The average molecular weight is 453 g/mol. The first kappa shape index (κ1) is 22.1. The zero-order valence-corrected chi connectivity index (χ0v) is 19.6. The summed E-state index contributed by atoms with van der Waals surface area (Å²) in [6, 6.07) is 22.4. The van der Waals surface area contributed by atoms with Crippen LogP contribution in [0, 0.1) is 0 Å². The van der Waals surface area contributed by atoms with Crippen LogP contribution < -0.4 is 10.3 Å². The van der Waals surface area contributed by atoms with Gasteiger partial charge in [-0.2, -0.15) is 0 Å². The zero-order valence-electron chi connectivity index (χ0n) is 19.6. The van der Waals surface area contributed by atoms with E-state index in [0.717, 1.165) is 37.4 Å². The lowest BCUT2D eigenvalue weighted by Gasteiger charge is -2.18. The van der Waals surface area contributed by atoms with Crippen LogP contribution in [0.3, 0.4) is 0 Å². The Hall–Kier alpha value is -3.70. The normalized spacial score (nSPS) is 12.3. The number of ether oxygens (including phenoxy) is 1. The van der Waals surface area contributed by atoms with Crippen molar-refractivity contribution in [1.29, 1.82) is 0 Å². The number of carbonyl (C=O) groups is 1. The van der Waals surface area contributed by atoms with Gasteiger partial charge in [-0.15, -0.1) is 0 Å². The molecule has 5 heteroatoms. The summed E-state index contributed by atoms with van der Waals surface area (Å²) in [4.78, 5) is 29.4. The van der Waals surface area contributed by atoms with Gasteiger partial charge in [-0.05, 0) is 49.8 Å². The number of carbonyl (C=O) groups excluding carboxylic acids is 1. The summed E-state index contributed by atoms with van der Waals surface area (Å²) >= 11 is 0. The SMILES string of the molecule is CCN(CC)CCCOc1ccc(-n2c3c(c4ccccc4c2=O)C(=O)c2ccccc2-3)cc1. The smallest absolute Gasteiger partial charge is 0.263 e. The third kappa shape index (κ3) is 3.72. The van der Waals surface area contributed by atoms with Crippen LogP contribution in [0.2, 0.25) is 0 Å². The molecule has 0 atom stereocenters. The monoisotopic (exact) mass is 452 g/mol. The number of ketones is 1. The van der Waals surface area contributed by atoms with Crippen molar-refractivity contribution in [3.63, 3.8) is 0 Å². The van der Waals surface area contributed by atoms with Crippen LogP contribution in [0.5, 0.6) is 5.75 Å². The van der Waals surface area contributed by atoms with Gasteiger partial charge >= 0.3 is 0 Å². The number of benzene rings is 3. The Labute approximate surface area is 199 Å². The minimum absolute atomic E-state index is 0.0382. The first-order valence-electron chi connectivity index (χ1n) is 11.9. The second-order valence-corrected chi connectivity index (χ2v) is 8.51. The Morgan fingerprint density at radius 1 is 0.794 bits per heavy atom. The largest absolute Gasteiger partial charge is 0.494 e. The van der Waals surface area contributed by atoms with Crippen molar-refractivity contribution in [3.8, 4) is 22.7 Å². The van der Waals surface area contributed by atoms with Crippen LogP contribution in [0.25, 0.3) is 27.7 Å². The highest BCUT2D eigenvalue weighted by Crippen LogP contribution is 2.40. The molecule has 0 radical (unpaired) electrons. The van der Waals surface area contributed by atoms with Crippen LogP contribution >= 0.6 is 0 Å². The maximum atomic E-state index is 13.6. The number of hydrogen-bond donors (Lipinski definition) is 0. The van der Waals surface area contributed by atoms with Crippen molar-refractivity contribution in [2.45, 2.75) is 20.3 Å². The Kier molecular flexibility index (Phi) is 6.03. The molecule has 34 heavy (non-hydrogen) atoms. The Balaban J connectivity index is 1.53. The standard InChI is InChI=1S/C29H28N2O3/c1-3-30(4-2)18-9-19-34-21-16-14-20(15-17-21)31-27-23-11-6-7-12-24(23)28(32)26(27)22-10-5-8-13-25(22)29(31)33/h5-8,10-17H,3-4,9,18-19H2,1-2H3. The van der Waals surface area contributed by atoms with Gasteiger partial charge in [0.15, 0.2) is 5.78 Å². The van der Waals surface area contributed by atoms with E-state index in [1.807, 2.05) is 66.7 Å². The van der Waals surface area contributed by atoms with Crippen molar-refractivity contribution in [3.05, 3.63) is 94.3 Å². The predicted molar refractivity (Wildman–Crippen MR) is 136 cm³/mol.